The summed E-state index contributed by atoms with van der Waals surface area (Å²) < 4.78 is 11.2. The van der Waals surface area contributed by atoms with Crippen molar-refractivity contribution in [1.29, 1.82) is 0 Å². The van der Waals surface area contributed by atoms with Gasteiger partial charge in [0.1, 0.15) is 17.4 Å². The molecule has 1 saturated heterocycles. The van der Waals surface area contributed by atoms with Gasteiger partial charge in [0.25, 0.3) is 0 Å². The molecule has 0 unspecified atom stereocenters. The third-order valence-electron chi connectivity index (χ3n) is 6.82. The lowest BCUT2D eigenvalue weighted by atomic mass is 10.1. The van der Waals surface area contributed by atoms with Crippen molar-refractivity contribution >= 4 is 28.9 Å². The lowest BCUT2D eigenvalue weighted by Crippen LogP contribution is -2.42. The lowest BCUT2D eigenvalue weighted by molar-refractivity contribution is 0.0185. The van der Waals surface area contributed by atoms with Crippen molar-refractivity contribution in [3.63, 3.8) is 0 Å². The quantitative estimate of drug-likeness (QED) is 0.340. The first-order valence-electron chi connectivity index (χ1n) is 13.3. The third-order valence-corrected chi connectivity index (χ3v) is 6.82. The van der Waals surface area contributed by atoms with Gasteiger partial charge in [0, 0.05) is 43.8 Å². The maximum atomic E-state index is 12.4. The van der Waals surface area contributed by atoms with Gasteiger partial charge in [0.05, 0.1) is 30.3 Å². The maximum absolute atomic E-state index is 12.4. The van der Waals surface area contributed by atoms with Gasteiger partial charge in [0.15, 0.2) is 5.65 Å². The average molecular weight is 541 g/mol. The van der Waals surface area contributed by atoms with Crippen molar-refractivity contribution in [2.75, 3.05) is 18.4 Å². The van der Waals surface area contributed by atoms with Crippen molar-refractivity contribution < 1.29 is 9.53 Å². The smallest absolute Gasteiger partial charge is 0.410 e. The number of benzene rings is 1. The Morgan fingerprint density at radius 1 is 0.975 bits per heavy atom. The summed E-state index contributed by atoms with van der Waals surface area (Å²) in [7, 11) is 1.86. The van der Waals surface area contributed by atoms with Gasteiger partial charge in [-0.2, -0.15) is 15.2 Å². The second kappa shape index (κ2) is 10.1. The monoisotopic (exact) mass is 540 g/mol. The Balaban J connectivity index is 1.14. The number of imidazole rings is 1. The first-order valence-corrected chi connectivity index (χ1v) is 13.3. The Kier molecular flexibility index (Phi) is 6.45. The number of carbonyl (C=O) groups is 1. The molecule has 6 rings (SSSR count). The highest BCUT2D eigenvalue weighted by atomic mass is 16.6. The number of nitrogens with zero attached hydrogens (tertiary/aromatic N) is 9. The fourth-order valence-electron chi connectivity index (χ4n) is 4.81. The van der Waals surface area contributed by atoms with Crippen LogP contribution in [0.15, 0.2) is 61.6 Å². The molecule has 1 aliphatic heterocycles. The summed E-state index contributed by atoms with van der Waals surface area (Å²) in [6, 6.07) is 8.48. The Morgan fingerprint density at radius 3 is 2.45 bits per heavy atom. The van der Waals surface area contributed by atoms with Gasteiger partial charge in [-0.3, -0.25) is 13.9 Å². The molecule has 206 valence electrons. The van der Waals surface area contributed by atoms with E-state index in [9.17, 15) is 4.79 Å². The van der Waals surface area contributed by atoms with Crippen molar-refractivity contribution in [3.05, 3.63) is 61.6 Å². The molecule has 4 aromatic heterocycles. The van der Waals surface area contributed by atoms with E-state index in [0.717, 1.165) is 35.3 Å². The second-order valence-corrected chi connectivity index (χ2v) is 11.0. The van der Waals surface area contributed by atoms with Gasteiger partial charge in [-0.1, -0.05) is 12.1 Å². The number of hydrogen-bond acceptors (Lipinski definition) is 8. The number of ether oxygens (including phenoxy) is 1. The Hall–Kier alpha value is -4.74. The van der Waals surface area contributed by atoms with Crippen molar-refractivity contribution in [1.82, 2.24) is 44.0 Å². The SMILES string of the molecule is Cn1cc(Nc2ncc3ncn(-c4ccc(-c5cnn(C6CCN(C(=O)OC(C)(C)C)CC6)c5)cc4)c3n2)cn1. The van der Waals surface area contributed by atoms with Gasteiger partial charge < -0.3 is 15.0 Å². The molecule has 5 aromatic rings. The van der Waals surface area contributed by atoms with E-state index in [-0.39, 0.29) is 12.1 Å². The Morgan fingerprint density at radius 2 is 1.75 bits per heavy atom. The molecule has 0 saturated carbocycles. The van der Waals surface area contributed by atoms with E-state index in [1.807, 2.05) is 61.6 Å². The molecule has 1 aliphatic rings. The standard InChI is InChI=1S/C28H32N10O2/c1-28(2,3)40-27(39)36-11-9-23(10-12-36)38-16-20(13-32-38)19-5-7-22(8-6-19)37-18-30-24-15-29-26(34-25(24)37)33-21-14-31-35(4)17-21/h5-8,13-18,23H,9-12H2,1-4H3,(H,29,33,34). The summed E-state index contributed by atoms with van der Waals surface area (Å²) in [5, 5.41) is 12.0. The topological polar surface area (TPSA) is 121 Å². The predicted molar refractivity (Wildman–Crippen MR) is 150 cm³/mol. The van der Waals surface area contributed by atoms with Crippen LogP contribution >= 0.6 is 0 Å². The van der Waals surface area contributed by atoms with Gasteiger partial charge in [-0.15, -0.1) is 0 Å². The van der Waals surface area contributed by atoms with E-state index in [4.69, 9.17) is 4.74 Å². The molecule has 12 heteroatoms. The molecule has 1 fully saturated rings. The van der Waals surface area contributed by atoms with Crippen LogP contribution in [0.1, 0.15) is 39.7 Å². The first kappa shape index (κ1) is 25.5. The summed E-state index contributed by atoms with van der Waals surface area (Å²) in [4.78, 5) is 27.7. The van der Waals surface area contributed by atoms with Crippen LogP contribution in [0, 0.1) is 0 Å². The van der Waals surface area contributed by atoms with Crippen molar-refractivity contribution in [3.8, 4) is 16.8 Å². The molecular formula is C28H32N10O2. The van der Waals surface area contributed by atoms with E-state index in [0.29, 0.717) is 30.2 Å². The predicted octanol–water partition coefficient (Wildman–Crippen LogP) is 4.73. The number of rotatable bonds is 5. The van der Waals surface area contributed by atoms with Crippen LogP contribution in [0.2, 0.25) is 0 Å². The number of aromatic nitrogens is 8. The third kappa shape index (κ3) is 5.37. The molecule has 1 amide bonds. The van der Waals surface area contributed by atoms with Crippen molar-refractivity contribution in [2.24, 2.45) is 7.05 Å². The fourth-order valence-corrected chi connectivity index (χ4v) is 4.81. The second-order valence-electron chi connectivity index (χ2n) is 11.0. The lowest BCUT2D eigenvalue weighted by Gasteiger charge is -2.33. The number of nitrogens with one attached hydrogen (secondary N) is 1. The Labute approximate surface area is 231 Å². The van der Waals surface area contributed by atoms with E-state index in [1.54, 1.807) is 28.3 Å². The molecule has 40 heavy (non-hydrogen) atoms. The van der Waals surface area contributed by atoms with Crippen LogP contribution in [0.4, 0.5) is 16.4 Å². The van der Waals surface area contributed by atoms with E-state index >= 15 is 0 Å². The largest absolute Gasteiger partial charge is 0.444 e. The number of piperidine rings is 1. The Bertz CT molecular complexity index is 1640. The molecule has 0 atom stereocenters. The molecule has 1 N–H and O–H groups in total. The molecule has 5 heterocycles. The van der Waals surface area contributed by atoms with Gasteiger partial charge in [0.2, 0.25) is 5.95 Å². The summed E-state index contributed by atoms with van der Waals surface area (Å²) in [5.41, 5.74) is 4.80. The van der Waals surface area contributed by atoms with Crippen LogP contribution in [0.5, 0.6) is 0 Å². The molecule has 0 aliphatic carbocycles. The molecule has 12 nitrogen and oxygen atoms in total. The van der Waals surface area contributed by atoms with E-state index in [2.05, 4.69) is 48.8 Å². The zero-order valence-corrected chi connectivity index (χ0v) is 23.0. The molecule has 1 aromatic carbocycles. The van der Waals surface area contributed by atoms with Crippen LogP contribution in [0.3, 0.4) is 0 Å². The average Bonchev–Trinajstić information content (AvgIpc) is 3.68. The van der Waals surface area contributed by atoms with E-state index in [1.165, 1.54) is 0 Å². The summed E-state index contributed by atoms with van der Waals surface area (Å²) >= 11 is 0. The highest BCUT2D eigenvalue weighted by Gasteiger charge is 2.28. The highest BCUT2D eigenvalue weighted by molar-refractivity contribution is 5.74. The number of hydrogen-bond donors (Lipinski definition) is 1. The summed E-state index contributed by atoms with van der Waals surface area (Å²) in [6.07, 6.45) is 12.5. The highest BCUT2D eigenvalue weighted by Crippen LogP contribution is 2.27. The fraction of sp³-hybridized carbons (Fsp3) is 0.357. The van der Waals surface area contributed by atoms with Crippen LogP contribution in [-0.4, -0.2) is 68.8 Å². The normalized spacial score (nSPS) is 14.6. The zero-order valence-electron chi connectivity index (χ0n) is 23.0. The van der Waals surface area contributed by atoms with Crippen LogP contribution in [-0.2, 0) is 11.8 Å². The maximum Gasteiger partial charge on any atom is 0.410 e. The van der Waals surface area contributed by atoms with Crippen LogP contribution < -0.4 is 5.32 Å². The molecular weight excluding hydrogens is 508 g/mol. The summed E-state index contributed by atoms with van der Waals surface area (Å²) in [5.74, 6) is 0.475. The van der Waals surface area contributed by atoms with Crippen LogP contribution in [0.25, 0.3) is 28.0 Å². The number of fused-ring (bicyclic) bond motifs is 1. The number of anilines is 2. The molecule has 0 spiro atoms. The molecule has 0 bridgehead atoms. The number of aryl methyl sites for hydroxylation is 1. The minimum absolute atomic E-state index is 0.245. The number of carbonyl (C=O) groups excluding carboxylic acids is 1. The number of likely N-dealkylation sites (tertiary alicyclic amines) is 1. The minimum Gasteiger partial charge on any atom is -0.444 e. The first-order chi connectivity index (χ1) is 19.2. The van der Waals surface area contributed by atoms with Gasteiger partial charge in [-0.05, 0) is 51.3 Å². The van der Waals surface area contributed by atoms with Crippen molar-refractivity contribution in [2.45, 2.75) is 45.3 Å². The van der Waals surface area contributed by atoms with E-state index < -0.39 is 5.60 Å². The van der Waals surface area contributed by atoms with Gasteiger partial charge >= 0.3 is 6.09 Å². The zero-order chi connectivity index (χ0) is 27.9. The number of amides is 1. The molecule has 0 radical (unpaired) electrons. The van der Waals surface area contributed by atoms with Gasteiger partial charge in [-0.25, -0.2) is 14.8 Å². The minimum atomic E-state index is -0.487. The summed E-state index contributed by atoms with van der Waals surface area (Å²) in [6.45, 7) is 6.98.